The highest BCUT2D eigenvalue weighted by Crippen LogP contribution is 2.51. The summed E-state index contributed by atoms with van der Waals surface area (Å²) >= 11 is 0. The van der Waals surface area contributed by atoms with Crippen molar-refractivity contribution in [3.05, 3.63) is 322 Å². The van der Waals surface area contributed by atoms with Gasteiger partial charge in [-0.25, -0.2) is 4.98 Å². The Morgan fingerprint density at radius 3 is 0.988 bits per heavy atom. The first-order chi connectivity index (χ1) is 42.7. The zero-order chi connectivity index (χ0) is 56.7. The van der Waals surface area contributed by atoms with Gasteiger partial charge in [0.05, 0.1) is 5.69 Å². The van der Waals surface area contributed by atoms with Crippen molar-refractivity contribution < 1.29 is 0 Å². The number of para-hydroxylation sites is 10. The average molecular weight is 1100 g/mol. The Hall–Kier alpha value is -11.3. The third-order valence-corrected chi connectivity index (χ3v) is 17.5. The highest BCUT2D eigenvalue weighted by Gasteiger charge is 2.49. The molecule has 0 spiro atoms. The summed E-state index contributed by atoms with van der Waals surface area (Å²) in [7, 11) is 0. The number of hydrogen-bond acceptors (Lipinski definition) is 7. The van der Waals surface area contributed by atoms with Crippen LogP contribution in [0.4, 0.5) is 103 Å². The van der Waals surface area contributed by atoms with Crippen LogP contribution in [0.5, 0.6) is 0 Å². The molecule has 0 aliphatic carbocycles. The van der Waals surface area contributed by atoms with Crippen molar-refractivity contribution in [2.45, 2.75) is 0 Å². The molecule has 0 atom stereocenters. The second-order valence-corrected chi connectivity index (χ2v) is 22.3. The molecule has 4 aliphatic rings. The van der Waals surface area contributed by atoms with Gasteiger partial charge >= 0.3 is 0 Å². The van der Waals surface area contributed by atoms with Gasteiger partial charge in [-0.3, -0.25) is 9.80 Å². The van der Waals surface area contributed by atoms with Crippen LogP contribution in [0.15, 0.2) is 322 Å². The van der Waals surface area contributed by atoms with Crippen molar-refractivity contribution in [1.29, 1.82) is 0 Å². The van der Waals surface area contributed by atoms with Crippen LogP contribution in [-0.2, 0) is 0 Å². The van der Waals surface area contributed by atoms with Gasteiger partial charge in [-0.2, -0.15) is 0 Å². The number of hydrogen-bond donors (Lipinski definition) is 0. The van der Waals surface area contributed by atoms with Crippen LogP contribution in [0.3, 0.4) is 0 Å². The van der Waals surface area contributed by atoms with Crippen LogP contribution in [0, 0.1) is 0 Å². The molecule has 0 saturated carbocycles. The van der Waals surface area contributed by atoms with Crippen molar-refractivity contribution in [2.75, 3.05) is 29.4 Å². The molecule has 0 fully saturated rings. The fourth-order valence-electron chi connectivity index (χ4n) is 14.0. The van der Waals surface area contributed by atoms with E-state index in [0.29, 0.717) is 0 Å². The lowest BCUT2D eigenvalue weighted by molar-refractivity contribution is 1.13. The van der Waals surface area contributed by atoms with Crippen molar-refractivity contribution in [3.63, 3.8) is 0 Å². The predicted octanol–water partition coefficient (Wildman–Crippen LogP) is 16.2. The number of fused-ring (bicyclic) bond motifs is 8. The zero-order valence-electron chi connectivity index (χ0n) is 46.9. The number of anilines is 18. The first kappa shape index (κ1) is 49.3. The molecule has 0 radical (unpaired) electrons. The molecular weight excluding hydrogens is 1040 g/mol. The van der Waals surface area contributed by atoms with Crippen LogP contribution in [-0.4, -0.2) is 18.4 Å². The molecule has 13 aromatic rings. The Morgan fingerprint density at radius 2 is 0.558 bits per heavy atom. The molecule has 0 bridgehead atoms. The Balaban J connectivity index is 0.995. The van der Waals surface area contributed by atoms with E-state index in [1.165, 1.54) is 27.3 Å². The van der Waals surface area contributed by atoms with Gasteiger partial charge in [0.15, 0.2) is 0 Å². The minimum Gasteiger partial charge on any atom is -0.311 e. The predicted molar refractivity (Wildman–Crippen MR) is 362 cm³/mol. The summed E-state index contributed by atoms with van der Waals surface area (Å²) in [5.41, 5.74) is 24.6. The maximum atomic E-state index is 5.98. The van der Waals surface area contributed by atoms with E-state index in [1.54, 1.807) is 0 Å². The molecule has 86 heavy (non-hydrogen) atoms. The highest BCUT2D eigenvalue weighted by atomic mass is 15.3. The first-order valence-electron chi connectivity index (χ1n) is 29.5. The van der Waals surface area contributed by atoms with Gasteiger partial charge in [-0.15, -0.1) is 0 Å². The highest BCUT2D eigenvalue weighted by molar-refractivity contribution is 7.03. The van der Waals surface area contributed by atoms with Gasteiger partial charge in [0.2, 0.25) is 0 Å². The maximum absolute atomic E-state index is 5.98. The molecule has 9 heteroatoms. The monoisotopic (exact) mass is 1100 g/mol. The Bertz CT molecular complexity index is 4300. The van der Waals surface area contributed by atoms with E-state index in [0.717, 1.165) is 108 Å². The SMILES string of the molecule is c1ccc(N(c2ccccc2)c2cc3c4c(c2)N(c2ccccc2)c2cc5c(cc2B4c2ccccc2N3c2ccccc2)B2c3ccccc3N(c3ccccc3)c3nc(N(c4ccccc4)c4ccccc4)cc(c32)N5c2ccccc2)cc1. The van der Waals surface area contributed by atoms with Crippen LogP contribution < -0.4 is 62.2 Å². The molecule has 5 heterocycles. The molecular formula is C77H53B2N7. The van der Waals surface area contributed by atoms with E-state index in [2.05, 4.69) is 351 Å². The third-order valence-electron chi connectivity index (χ3n) is 17.5. The second-order valence-electron chi connectivity index (χ2n) is 22.3. The topological polar surface area (TPSA) is 32.3 Å². The van der Waals surface area contributed by atoms with Crippen LogP contribution in [0.2, 0.25) is 0 Å². The fraction of sp³-hybridized carbons (Fsp3) is 0. The second kappa shape index (κ2) is 20.3. The zero-order valence-corrected chi connectivity index (χ0v) is 46.9. The summed E-state index contributed by atoms with van der Waals surface area (Å²) in [4.78, 5) is 20.7. The molecule has 7 nitrogen and oxygen atoms in total. The van der Waals surface area contributed by atoms with Gasteiger partial charge in [-0.1, -0.05) is 188 Å². The Labute approximate surface area is 502 Å². The van der Waals surface area contributed by atoms with Gasteiger partial charge in [0.1, 0.15) is 11.6 Å². The summed E-state index contributed by atoms with van der Waals surface area (Å²) in [6, 6.07) is 117. The molecule has 0 unspecified atom stereocenters. The van der Waals surface area contributed by atoms with Crippen molar-refractivity contribution in [1.82, 2.24) is 4.98 Å². The van der Waals surface area contributed by atoms with Crippen LogP contribution >= 0.6 is 0 Å². The van der Waals surface area contributed by atoms with E-state index in [1.807, 2.05) is 0 Å². The van der Waals surface area contributed by atoms with Gasteiger partial charge in [-0.05, 0) is 160 Å². The molecule has 17 rings (SSSR count). The van der Waals surface area contributed by atoms with E-state index < -0.39 is 0 Å². The lowest BCUT2D eigenvalue weighted by atomic mass is 9.30. The summed E-state index contributed by atoms with van der Waals surface area (Å²) in [6.45, 7) is -0.373. The van der Waals surface area contributed by atoms with Crippen LogP contribution in [0.1, 0.15) is 0 Å². The largest absolute Gasteiger partial charge is 0.311 e. The molecule has 0 amide bonds. The van der Waals surface area contributed by atoms with Crippen molar-refractivity contribution in [2.24, 2.45) is 0 Å². The fourth-order valence-corrected chi connectivity index (χ4v) is 14.0. The molecule has 402 valence electrons. The number of aromatic nitrogens is 1. The quantitative estimate of drug-likeness (QED) is 0.126. The molecule has 4 aliphatic heterocycles. The molecule has 12 aromatic carbocycles. The lowest BCUT2D eigenvalue weighted by Gasteiger charge is -2.47. The molecule has 0 N–H and O–H groups in total. The van der Waals surface area contributed by atoms with Crippen molar-refractivity contribution in [3.8, 4) is 0 Å². The smallest absolute Gasteiger partial charge is 0.254 e. The van der Waals surface area contributed by atoms with Crippen LogP contribution in [0.25, 0.3) is 0 Å². The number of nitrogens with zero attached hydrogens (tertiary/aromatic N) is 7. The average Bonchev–Trinajstić information content (AvgIpc) is 0.707. The normalized spacial score (nSPS) is 13.0. The maximum Gasteiger partial charge on any atom is 0.254 e. The minimum atomic E-state index is -0.210. The van der Waals surface area contributed by atoms with E-state index in [9.17, 15) is 0 Å². The Morgan fingerprint density at radius 1 is 0.233 bits per heavy atom. The lowest BCUT2D eigenvalue weighted by Crippen LogP contribution is -2.65. The van der Waals surface area contributed by atoms with Gasteiger partial charge in [0.25, 0.3) is 13.4 Å². The standard InChI is InChI=1S/C77H53B2N7/c1-9-29-54(30-10-1)81(55-31-11-2-12-32-55)62-49-71-75-72(50-62)84(59-39-19-6-20-40-59)69-52-70-66(51-65(69)78(75)63-45-25-27-47-67(63)83(71)58-37-17-5-18-38-58)79-64-46-26-28-48-68(64)86(61-43-23-8-24-44-61)77-76(79)73(85(70)60-41-21-7-22-42-60)53-74(80-77)82(56-33-13-3-14-34-56)57-35-15-4-16-36-57/h1-53H. The van der Waals surface area contributed by atoms with Crippen molar-refractivity contribution >= 4 is 149 Å². The third kappa shape index (κ3) is 7.82. The van der Waals surface area contributed by atoms with E-state index in [4.69, 9.17) is 4.98 Å². The minimum absolute atomic E-state index is 0.163. The number of rotatable bonds is 10. The Kier molecular flexibility index (Phi) is 11.6. The molecule has 0 saturated heterocycles. The van der Waals surface area contributed by atoms with E-state index >= 15 is 0 Å². The number of benzene rings is 12. The molecule has 1 aromatic heterocycles. The summed E-state index contributed by atoms with van der Waals surface area (Å²) in [6.07, 6.45) is 0. The number of pyridine rings is 1. The van der Waals surface area contributed by atoms with Gasteiger partial charge in [0, 0.05) is 91.4 Å². The summed E-state index contributed by atoms with van der Waals surface area (Å²) < 4.78 is 0. The van der Waals surface area contributed by atoms with Gasteiger partial charge < -0.3 is 19.6 Å². The first-order valence-corrected chi connectivity index (χ1v) is 29.5. The summed E-state index contributed by atoms with van der Waals surface area (Å²) in [5, 5.41) is 0. The summed E-state index contributed by atoms with van der Waals surface area (Å²) in [5.74, 6) is 1.70. The van der Waals surface area contributed by atoms with E-state index in [-0.39, 0.29) is 13.4 Å².